The highest BCUT2D eigenvalue weighted by Crippen LogP contribution is 2.12. The van der Waals surface area contributed by atoms with E-state index < -0.39 is 0 Å². The van der Waals surface area contributed by atoms with Gasteiger partial charge in [0, 0.05) is 0 Å². The Morgan fingerprint density at radius 3 is 2.00 bits per heavy atom. The van der Waals surface area contributed by atoms with E-state index in [0.717, 1.165) is 12.8 Å². The van der Waals surface area contributed by atoms with Crippen molar-refractivity contribution in [2.45, 2.75) is 58.8 Å². The van der Waals surface area contributed by atoms with Crippen molar-refractivity contribution in [2.75, 3.05) is 18.9 Å². The fourth-order valence-electron chi connectivity index (χ4n) is 1.72. The fourth-order valence-corrected chi connectivity index (χ4v) is 1.72. The first kappa shape index (κ1) is 16.5. The Balaban J connectivity index is 2.26. The molecule has 6 nitrogen and oxygen atoms in total. The van der Waals surface area contributed by atoms with Gasteiger partial charge in [-0.3, -0.25) is 0 Å². The molecule has 0 aliphatic heterocycles. The molecule has 0 bridgehead atoms. The molecule has 0 fully saturated rings. The number of hydrogen-bond donors (Lipinski definition) is 1. The lowest BCUT2D eigenvalue weighted by Crippen LogP contribution is -2.08. The van der Waals surface area contributed by atoms with Gasteiger partial charge < -0.3 is 15.2 Å². The van der Waals surface area contributed by atoms with Crippen molar-refractivity contribution in [2.24, 2.45) is 0 Å². The molecule has 0 radical (unpaired) electrons. The van der Waals surface area contributed by atoms with Gasteiger partial charge in [-0.1, -0.05) is 46.0 Å². The summed E-state index contributed by atoms with van der Waals surface area (Å²) in [6.45, 7) is 5.39. The van der Waals surface area contributed by atoms with Gasteiger partial charge in [-0.15, -0.1) is 4.98 Å². The Hall–Kier alpha value is -1.59. The third kappa shape index (κ3) is 7.11. The predicted molar refractivity (Wildman–Crippen MR) is 78.9 cm³/mol. The third-order valence-electron chi connectivity index (χ3n) is 2.78. The van der Waals surface area contributed by atoms with E-state index in [4.69, 9.17) is 15.2 Å². The molecule has 0 aromatic carbocycles. The van der Waals surface area contributed by atoms with E-state index in [0.29, 0.717) is 13.2 Å². The van der Waals surface area contributed by atoms with E-state index in [1.54, 1.807) is 0 Å². The summed E-state index contributed by atoms with van der Waals surface area (Å²) in [4.78, 5) is 11.9. The minimum Gasteiger partial charge on any atom is -0.463 e. The van der Waals surface area contributed by atoms with Crippen LogP contribution in [0.1, 0.15) is 58.8 Å². The molecule has 0 aliphatic carbocycles. The van der Waals surface area contributed by atoms with Crippen LogP contribution < -0.4 is 15.2 Å². The Morgan fingerprint density at radius 1 is 0.750 bits per heavy atom. The maximum Gasteiger partial charge on any atom is 0.324 e. The zero-order valence-electron chi connectivity index (χ0n) is 12.6. The molecule has 0 unspecified atom stereocenters. The van der Waals surface area contributed by atoms with Crippen molar-refractivity contribution < 1.29 is 9.47 Å². The van der Waals surface area contributed by atoms with Crippen LogP contribution in [-0.2, 0) is 0 Å². The SMILES string of the molecule is CCCCCCCCOc1nc(N)nc(OCCC)n1. The lowest BCUT2D eigenvalue weighted by molar-refractivity contribution is 0.257. The molecule has 6 heteroatoms. The van der Waals surface area contributed by atoms with Crippen LogP contribution in [0.2, 0.25) is 0 Å². The zero-order valence-corrected chi connectivity index (χ0v) is 12.6. The average Bonchev–Trinajstić information content (AvgIpc) is 2.43. The molecule has 0 atom stereocenters. The topological polar surface area (TPSA) is 83.2 Å². The van der Waals surface area contributed by atoms with Crippen LogP contribution in [0.25, 0.3) is 0 Å². The van der Waals surface area contributed by atoms with Crippen LogP contribution in [0.5, 0.6) is 12.0 Å². The largest absolute Gasteiger partial charge is 0.463 e. The molecule has 0 saturated heterocycles. The predicted octanol–water partition coefficient (Wildman–Crippen LogP) is 2.98. The molecule has 0 saturated carbocycles. The summed E-state index contributed by atoms with van der Waals surface area (Å²) in [7, 11) is 0. The molecule has 1 heterocycles. The number of nitrogens with zero attached hydrogens (tertiary/aromatic N) is 3. The highest BCUT2D eigenvalue weighted by atomic mass is 16.5. The van der Waals surface area contributed by atoms with Crippen LogP contribution in [0.4, 0.5) is 5.95 Å². The molecular weight excluding hydrogens is 256 g/mol. The second-order valence-corrected chi connectivity index (χ2v) is 4.72. The van der Waals surface area contributed by atoms with Crippen molar-refractivity contribution in [3.63, 3.8) is 0 Å². The Kier molecular flexibility index (Phi) is 8.42. The number of rotatable bonds is 11. The molecule has 0 spiro atoms. The third-order valence-corrected chi connectivity index (χ3v) is 2.78. The number of unbranched alkanes of at least 4 members (excludes halogenated alkanes) is 5. The first-order valence-corrected chi connectivity index (χ1v) is 7.53. The minimum atomic E-state index is 0.129. The molecular formula is C14H26N4O2. The van der Waals surface area contributed by atoms with Crippen molar-refractivity contribution in [1.29, 1.82) is 0 Å². The quantitative estimate of drug-likeness (QED) is 0.628. The summed E-state index contributed by atoms with van der Waals surface area (Å²) in [5.41, 5.74) is 5.59. The zero-order chi connectivity index (χ0) is 14.6. The molecule has 20 heavy (non-hydrogen) atoms. The average molecular weight is 282 g/mol. The van der Waals surface area contributed by atoms with Gasteiger partial charge in [-0.05, 0) is 12.8 Å². The highest BCUT2D eigenvalue weighted by molar-refractivity contribution is 5.20. The molecule has 2 N–H and O–H groups in total. The maximum atomic E-state index is 5.59. The molecule has 0 aliphatic rings. The van der Waals surface area contributed by atoms with Crippen molar-refractivity contribution in [3.8, 4) is 12.0 Å². The number of aromatic nitrogens is 3. The number of ether oxygens (including phenoxy) is 2. The van der Waals surface area contributed by atoms with Crippen molar-refractivity contribution in [1.82, 2.24) is 15.0 Å². The van der Waals surface area contributed by atoms with Crippen LogP contribution in [0, 0.1) is 0 Å². The summed E-state index contributed by atoms with van der Waals surface area (Å²) in [5.74, 6) is 0.129. The van der Waals surface area contributed by atoms with Crippen LogP contribution in [-0.4, -0.2) is 28.2 Å². The van der Waals surface area contributed by atoms with Gasteiger partial charge in [-0.25, -0.2) is 0 Å². The summed E-state index contributed by atoms with van der Waals surface area (Å²) >= 11 is 0. The van der Waals surface area contributed by atoms with E-state index in [-0.39, 0.29) is 18.0 Å². The second kappa shape index (κ2) is 10.2. The van der Waals surface area contributed by atoms with Crippen LogP contribution in [0.15, 0.2) is 0 Å². The number of hydrogen-bond acceptors (Lipinski definition) is 6. The van der Waals surface area contributed by atoms with Gasteiger partial charge in [0.25, 0.3) is 0 Å². The van der Waals surface area contributed by atoms with Gasteiger partial charge >= 0.3 is 12.0 Å². The number of nitrogens with two attached hydrogens (primary N) is 1. The van der Waals surface area contributed by atoms with Crippen molar-refractivity contribution >= 4 is 5.95 Å². The molecule has 0 amide bonds. The van der Waals surface area contributed by atoms with Gasteiger partial charge in [-0.2, -0.15) is 9.97 Å². The first-order valence-electron chi connectivity index (χ1n) is 7.53. The summed E-state index contributed by atoms with van der Waals surface area (Å²) in [5, 5.41) is 0. The van der Waals surface area contributed by atoms with E-state index in [1.165, 1.54) is 32.1 Å². The smallest absolute Gasteiger partial charge is 0.324 e. The van der Waals surface area contributed by atoms with E-state index in [9.17, 15) is 0 Å². The number of anilines is 1. The lowest BCUT2D eigenvalue weighted by atomic mass is 10.1. The van der Waals surface area contributed by atoms with E-state index >= 15 is 0 Å². The molecule has 1 aromatic rings. The monoisotopic (exact) mass is 282 g/mol. The molecule has 1 rings (SSSR count). The standard InChI is InChI=1S/C14H26N4O2/c1-3-5-6-7-8-9-11-20-14-17-12(15)16-13(18-14)19-10-4-2/h3-11H2,1-2H3,(H2,15,16,17,18). The van der Waals surface area contributed by atoms with Crippen molar-refractivity contribution in [3.05, 3.63) is 0 Å². The highest BCUT2D eigenvalue weighted by Gasteiger charge is 2.06. The van der Waals surface area contributed by atoms with Gasteiger partial charge in [0.2, 0.25) is 5.95 Å². The lowest BCUT2D eigenvalue weighted by Gasteiger charge is -2.07. The maximum absolute atomic E-state index is 5.59. The summed E-state index contributed by atoms with van der Waals surface area (Å²) in [6, 6.07) is 0.481. The second-order valence-electron chi connectivity index (χ2n) is 4.72. The van der Waals surface area contributed by atoms with Gasteiger partial charge in [0.1, 0.15) is 0 Å². The van der Waals surface area contributed by atoms with Gasteiger partial charge in [0.15, 0.2) is 0 Å². The Labute approximate surface area is 121 Å². The first-order chi connectivity index (χ1) is 9.76. The Bertz CT molecular complexity index is 374. The van der Waals surface area contributed by atoms with Crippen LogP contribution in [0.3, 0.4) is 0 Å². The van der Waals surface area contributed by atoms with Gasteiger partial charge in [0.05, 0.1) is 13.2 Å². The van der Waals surface area contributed by atoms with Crippen LogP contribution >= 0.6 is 0 Å². The molecule has 114 valence electrons. The summed E-state index contributed by atoms with van der Waals surface area (Å²) in [6.07, 6.45) is 8.18. The normalized spacial score (nSPS) is 10.5. The fraction of sp³-hybridized carbons (Fsp3) is 0.786. The number of nitrogen functional groups attached to an aromatic ring is 1. The molecule has 1 aromatic heterocycles. The summed E-state index contributed by atoms with van der Waals surface area (Å²) < 4.78 is 10.8. The minimum absolute atomic E-state index is 0.129. The van der Waals surface area contributed by atoms with E-state index in [2.05, 4.69) is 21.9 Å². The Morgan fingerprint density at radius 2 is 1.35 bits per heavy atom. The van der Waals surface area contributed by atoms with E-state index in [1.807, 2.05) is 6.92 Å².